The molecule has 1 aromatic rings. The van der Waals surface area contributed by atoms with Crippen LogP contribution in [-0.4, -0.2) is 93.3 Å². The summed E-state index contributed by atoms with van der Waals surface area (Å²) in [7, 11) is 6.19. The van der Waals surface area contributed by atoms with Gasteiger partial charge in [-0.1, -0.05) is 49.6 Å². The zero-order valence-electron chi connectivity index (χ0n) is 19.2. The molecule has 3 rings (SSSR count). The third-order valence-electron chi connectivity index (χ3n) is 6.22. The van der Waals surface area contributed by atoms with Gasteiger partial charge in [-0.3, -0.25) is 9.89 Å². The van der Waals surface area contributed by atoms with Gasteiger partial charge in [-0.2, -0.15) is 0 Å². The van der Waals surface area contributed by atoms with E-state index in [2.05, 4.69) is 69.4 Å². The zero-order chi connectivity index (χ0) is 21.2. The Bertz CT molecular complexity index is 636. The number of nitrogens with zero attached hydrogens (tertiary/aromatic N) is 4. The van der Waals surface area contributed by atoms with Gasteiger partial charge in [-0.05, 0) is 39.0 Å². The van der Waals surface area contributed by atoms with Crippen molar-refractivity contribution < 1.29 is 4.74 Å². The second-order valence-corrected chi connectivity index (χ2v) is 8.88. The first-order valence-electron chi connectivity index (χ1n) is 11.7. The molecule has 30 heavy (non-hydrogen) atoms. The smallest absolute Gasteiger partial charge is 0.193 e. The number of hydrogen-bond acceptors (Lipinski definition) is 4. The van der Waals surface area contributed by atoms with Gasteiger partial charge in [0, 0.05) is 39.8 Å². The van der Waals surface area contributed by atoms with Crippen molar-refractivity contribution in [3.63, 3.8) is 0 Å². The van der Waals surface area contributed by atoms with E-state index in [0.717, 1.165) is 45.3 Å². The van der Waals surface area contributed by atoms with E-state index >= 15 is 0 Å². The maximum absolute atomic E-state index is 6.12. The summed E-state index contributed by atoms with van der Waals surface area (Å²) in [5.41, 5.74) is 1.38. The number of likely N-dealkylation sites (tertiary alicyclic amines) is 1. The molecule has 2 heterocycles. The Balaban J connectivity index is 1.40. The van der Waals surface area contributed by atoms with Crippen molar-refractivity contribution in [2.24, 2.45) is 4.99 Å². The molecule has 6 heteroatoms. The van der Waals surface area contributed by atoms with E-state index in [-0.39, 0.29) is 6.10 Å². The fourth-order valence-corrected chi connectivity index (χ4v) is 4.56. The lowest BCUT2D eigenvalue weighted by atomic mass is 10.1. The molecule has 1 N–H and O–H groups in total. The number of unbranched alkanes of at least 4 members (excludes halogenated alkanes) is 4. The highest BCUT2D eigenvalue weighted by Crippen LogP contribution is 2.24. The van der Waals surface area contributed by atoms with E-state index < -0.39 is 0 Å². The number of morpholine rings is 1. The largest absolute Gasteiger partial charge is 0.373 e. The van der Waals surface area contributed by atoms with E-state index in [1.807, 2.05) is 7.05 Å². The monoisotopic (exact) mass is 415 g/mol. The molecule has 1 aromatic carbocycles. The highest BCUT2D eigenvalue weighted by Gasteiger charge is 2.41. The quantitative estimate of drug-likeness (QED) is 0.362. The van der Waals surface area contributed by atoms with Crippen LogP contribution in [0.25, 0.3) is 0 Å². The summed E-state index contributed by atoms with van der Waals surface area (Å²) in [6, 6.07) is 11.2. The van der Waals surface area contributed by atoms with Gasteiger partial charge in [0.25, 0.3) is 0 Å². The first-order valence-corrected chi connectivity index (χ1v) is 11.7. The van der Waals surface area contributed by atoms with Crippen LogP contribution in [0.3, 0.4) is 0 Å². The fraction of sp³-hybridized carbons (Fsp3) is 0.708. The molecule has 0 amide bonds. The van der Waals surface area contributed by atoms with Crippen molar-refractivity contribution >= 4 is 5.96 Å². The van der Waals surface area contributed by atoms with Gasteiger partial charge in [0.05, 0.1) is 18.8 Å². The Labute approximate surface area is 183 Å². The van der Waals surface area contributed by atoms with E-state index in [1.165, 1.54) is 44.2 Å². The Hall–Kier alpha value is -1.63. The van der Waals surface area contributed by atoms with Crippen LogP contribution in [0.15, 0.2) is 35.3 Å². The van der Waals surface area contributed by atoms with Gasteiger partial charge in [-0.15, -0.1) is 0 Å². The van der Waals surface area contributed by atoms with Crippen LogP contribution in [0.4, 0.5) is 0 Å². The summed E-state index contributed by atoms with van der Waals surface area (Å²) in [6.07, 6.45) is 6.73. The van der Waals surface area contributed by atoms with Gasteiger partial charge in [0.1, 0.15) is 0 Å². The molecule has 2 unspecified atom stereocenters. The van der Waals surface area contributed by atoms with Gasteiger partial charge in [0.15, 0.2) is 5.96 Å². The number of rotatable bonds is 10. The summed E-state index contributed by atoms with van der Waals surface area (Å²) in [4.78, 5) is 11.8. The van der Waals surface area contributed by atoms with Crippen LogP contribution in [0.5, 0.6) is 0 Å². The minimum atomic E-state index is 0.276. The van der Waals surface area contributed by atoms with Gasteiger partial charge < -0.3 is 19.9 Å². The fourth-order valence-electron chi connectivity index (χ4n) is 4.56. The number of aliphatic imine (C=N–C) groups is 1. The van der Waals surface area contributed by atoms with E-state index in [4.69, 9.17) is 4.74 Å². The Morgan fingerprint density at radius 1 is 1.10 bits per heavy atom. The molecule has 0 aliphatic carbocycles. The maximum Gasteiger partial charge on any atom is 0.193 e. The van der Waals surface area contributed by atoms with Crippen molar-refractivity contribution in [3.05, 3.63) is 35.9 Å². The van der Waals surface area contributed by atoms with Crippen LogP contribution >= 0.6 is 0 Å². The van der Waals surface area contributed by atoms with E-state index in [9.17, 15) is 0 Å². The molecule has 168 valence electrons. The van der Waals surface area contributed by atoms with Crippen molar-refractivity contribution in [1.82, 2.24) is 20.0 Å². The summed E-state index contributed by atoms with van der Waals surface area (Å²) < 4.78 is 6.12. The van der Waals surface area contributed by atoms with Gasteiger partial charge >= 0.3 is 0 Å². The van der Waals surface area contributed by atoms with E-state index in [0.29, 0.717) is 6.04 Å². The normalized spacial score (nSPS) is 22.5. The van der Waals surface area contributed by atoms with Crippen molar-refractivity contribution in [2.75, 3.05) is 60.5 Å². The minimum absolute atomic E-state index is 0.276. The average Bonchev–Trinajstić information content (AvgIpc) is 3.18. The first-order chi connectivity index (χ1) is 14.7. The summed E-state index contributed by atoms with van der Waals surface area (Å²) in [5, 5.41) is 3.59. The highest BCUT2D eigenvalue weighted by atomic mass is 16.5. The number of guanidine groups is 1. The van der Waals surface area contributed by atoms with Crippen LogP contribution in [-0.2, 0) is 11.3 Å². The summed E-state index contributed by atoms with van der Waals surface area (Å²) in [6.45, 7) is 6.94. The van der Waals surface area contributed by atoms with Gasteiger partial charge in [-0.25, -0.2) is 0 Å². The second-order valence-electron chi connectivity index (χ2n) is 8.88. The predicted molar refractivity (Wildman–Crippen MR) is 125 cm³/mol. The number of hydrogen-bond donors (Lipinski definition) is 1. The molecular formula is C24H41N5O. The van der Waals surface area contributed by atoms with Crippen LogP contribution in [0, 0.1) is 0 Å². The second kappa shape index (κ2) is 12.3. The molecule has 2 atom stereocenters. The third kappa shape index (κ3) is 6.96. The Morgan fingerprint density at radius 3 is 2.63 bits per heavy atom. The number of fused-ring (bicyclic) bond motifs is 1. The summed E-state index contributed by atoms with van der Waals surface area (Å²) >= 11 is 0. The zero-order valence-corrected chi connectivity index (χ0v) is 19.2. The lowest BCUT2D eigenvalue weighted by Gasteiger charge is -2.36. The molecule has 0 spiro atoms. The molecule has 2 aliphatic rings. The summed E-state index contributed by atoms with van der Waals surface area (Å²) in [5.74, 6) is 1.03. The SMILES string of the molecule is CN=C(NCCCCCCCN(C)C)N1CC2OCCN(Cc3ccccc3)C2C1. The van der Waals surface area contributed by atoms with Crippen LogP contribution in [0.1, 0.15) is 37.7 Å². The first kappa shape index (κ1) is 23.0. The predicted octanol–water partition coefficient (Wildman–Crippen LogP) is 2.66. The molecular weight excluding hydrogens is 374 g/mol. The molecule has 2 saturated heterocycles. The topological polar surface area (TPSA) is 43.3 Å². The van der Waals surface area contributed by atoms with E-state index in [1.54, 1.807) is 0 Å². The number of nitrogens with one attached hydrogen (secondary N) is 1. The molecule has 0 aromatic heterocycles. The number of benzene rings is 1. The molecule has 0 radical (unpaired) electrons. The molecule has 2 fully saturated rings. The van der Waals surface area contributed by atoms with Gasteiger partial charge in [0.2, 0.25) is 0 Å². The molecule has 6 nitrogen and oxygen atoms in total. The Kier molecular flexibility index (Phi) is 9.43. The third-order valence-corrected chi connectivity index (χ3v) is 6.22. The lowest BCUT2D eigenvalue weighted by Crippen LogP contribution is -2.50. The highest BCUT2D eigenvalue weighted by molar-refractivity contribution is 5.80. The van der Waals surface area contributed by atoms with Crippen molar-refractivity contribution in [2.45, 2.75) is 50.8 Å². The van der Waals surface area contributed by atoms with Crippen LogP contribution in [0.2, 0.25) is 0 Å². The van der Waals surface area contributed by atoms with Crippen molar-refractivity contribution in [1.29, 1.82) is 0 Å². The number of ether oxygens (including phenoxy) is 1. The van der Waals surface area contributed by atoms with Crippen molar-refractivity contribution in [3.8, 4) is 0 Å². The molecule has 2 aliphatic heterocycles. The minimum Gasteiger partial charge on any atom is -0.373 e. The lowest BCUT2D eigenvalue weighted by molar-refractivity contribution is -0.0502. The average molecular weight is 416 g/mol. The van der Waals surface area contributed by atoms with Crippen LogP contribution < -0.4 is 5.32 Å². The maximum atomic E-state index is 6.12. The Morgan fingerprint density at radius 2 is 1.87 bits per heavy atom. The molecule has 0 saturated carbocycles. The standard InChI is InChI=1S/C24H41N5O/c1-25-24(26-14-10-5-4-6-11-15-27(2)3)29-19-22-23(20-29)30-17-16-28(22)18-21-12-8-7-9-13-21/h7-9,12-13,22-23H,4-6,10-11,14-20H2,1-3H3,(H,25,26). The molecule has 0 bridgehead atoms.